The predicted molar refractivity (Wildman–Crippen MR) is 110 cm³/mol. The van der Waals surface area contributed by atoms with E-state index in [0.717, 1.165) is 11.5 Å². The molecule has 0 bridgehead atoms. The molecule has 7 heteroatoms. The minimum atomic E-state index is -0.352. The summed E-state index contributed by atoms with van der Waals surface area (Å²) >= 11 is 1.04. The molecule has 1 heterocycles. The highest BCUT2D eigenvalue weighted by Gasteiger charge is 2.17. The number of amides is 1. The van der Waals surface area contributed by atoms with Crippen molar-refractivity contribution >= 4 is 22.6 Å². The van der Waals surface area contributed by atoms with Gasteiger partial charge in [0, 0.05) is 28.2 Å². The Balaban J connectivity index is 1.62. The quantitative estimate of drug-likeness (QED) is 0.515. The van der Waals surface area contributed by atoms with E-state index in [1.165, 1.54) is 12.1 Å². The summed E-state index contributed by atoms with van der Waals surface area (Å²) in [5.74, 6) is -0.282. The number of hydrogen-bond donors (Lipinski definition) is 1. The van der Waals surface area contributed by atoms with Gasteiger partial charge < -0.3 is 0 Å². The van der Waals surface area contributed by atoms with Crippen molar-refractivity contribution in [2.45, 2.75) is 0 Å². The molecule has 4 aromatic rings. The molecule has 0 atom stereocenters. The van der Waals surface area contributed by atoms with Gasteiger partial charge in [0.1, 0.15) is 5.82 Å². The van der Waals surface area contributed by atoms with E-state index in [0.29, 0.717) is 38.8 Å². The number of rotatable bonds is 4. The van der Waals surface area contributed by atoms with Crippen LogP contribution >= 0.6 is 11.5 Å². The molecule has 0 saturated carbocycles. The smallest absolute Gasteiger partial charge is 0.258 e. The molecule has 1 amide bonds. The average molecular weight is 400 g/mol. The Hall–Kier alpha value is -3.89. The van der Waals surface area contributed by atoms with Gasteiger partial charge >= 0.3 is 0 Å². The van der Waals surface area contributed by atoms with E-state index in [4.69, 9.17) is 0 Å². The lowest BCUT2D eigenvalue weighted by Crippen LogP contribution is -2.13. The van der Waals surface area contributed by atoms with Crippen LogP contribution in [-0.2, 0) is 0 Å². The maximum atomic E-state index is 13.1. The van der Waals surface area contributed by atoms with Gasteiger partial charge in [0.15, 0.2) is 5.82 Å². The second kappa shape index (κ2) is 8.00. The summed E-state index contributed by atoms with van der Waals surface area (Å²) in [6, 6.07) is 22.2. The monoisotopic (exact) mass is 400 g/mol. The molecular formula is C22H13FN4OS. The standard InChI is InChI=1S/C22H13FN4OS/c23-16-11-9-14(10-12-16)20-25-22(29-27-20)26-21(28)19-8-4-3-7-18(19)17-6-2-1-5-15(17)13-24/h1-12H,(H,25,26,27,28). The van der Waals surface area contributed by atoms with E-state index in [-0.39, 0.29) is 11.7 Å². The molecule has 3 aromatic carbocycles. The second-order valence-electron chi connectivity index (χ2n) is 6.09. The molecule has 0 fully saturated rings. The normalized spacial score (nSPS) is 10.3. The van der Waals surface area contributed by atoms with Gasteiger partial charge in [-0.2, -0.15) is 14.6 Å². The Labute approximate surface area is 170 Å². The van der Waals surface area contributed by atoms with E-state index in [1.807, 2.05) is 18.2 Å². The second-order valence-corrected chi connectivity index (χ2v) is 6.84. The Morgan fingerprint density at radius 2 is 1.66 bits per heavy atom. The van der Waals surface area contributed by atoms with Crippen LogP contribution in [0.25, 0.3) is 22.5 Å². The van der Waals surface area contributed by atoms with Crippen molar-refractivity contribution < 1.29 is 9.18 Å². The van der Waals surface area contributed by atoms with Crippen LogP contribution in [0.1, 0.15) is 15.9 Å². The lowest BCUT2D eigenvalue weighted by Gasteiger charge is -2.10. The van der Waals surface area contributed by atoms with Crippen molar-refractivity contribution in [3.8, 4) is 28.6 Å². The number of anilines is 1. The third-order valence-electron chi connectivity index (χ3n) is 4.26. The fourth-order valence-electron chi connectivity index (χ4n) is 2.89. The SMILES string of the molecule is N#Cc1ccccc1-c1ccccc1C(=O)Nc1nc(-c2ccc(F)cc2)ns1. The zero-order chi connectivity index (χ0) is 20.2. The third kappa shape index (κ3) is 3.88. The summed E-state index contributed by atoms with van der Waals surface area (Å²) in [5.41, 5.74) is 2.91. The van der Waals surface area contributed by atoms with Gasteiger partial charge in [0.2, 0.25) is 5.13 Å². The minimum Gasteiger partial charge on any atom is -0.297 e. The number of carbonyl (C=O) groups is 1. The Kier molecular flexibility index (Phi) is 5.10. The van der Waals surface area contributed by atoms with E-state index >= 15 is 0 Å². The van der Waals surface area contributed by atoms with Crippen molar-refractivity contribution in [1.82, 2.24) is 9.36 Å². The molecule has 0 radical (unpaired) electrons. The summed E-state index contributed by atoms with van der Waals surface area (Å²) in [7, 11) is 0. The molecular weight excluding hydrogens is 387 g/mol. The first kappa shape index (κ1) is 18.5. The molecule has 1 N–H and O–H groups in total. The summed E-state index contributed by atoms with van der Waals surface area (Å²) in [4.78, 5) is 17.2. The molecule has 140 valence electrons. The predicted octanol–water partition coefficient (Wildman–Crippen LogP) is 5.14. The summed E-state index contributed by atoms with van der Waals surface area (Å²) in [6.07, 6.45) is 0. The van der Waals surface area contributed by atoms with Crippen LogP contribution in [-0.4, -0.2) is 15.3 Å². The summed E-state index contributed by atoms with van der Waals surface area (Å²) in [6.45, 7) is 0. The molecule has 4 rings (SSSR count). The van der Waals surface area contributed by atoms with Crippen molar-refractivity contribution in [2.24, 2.45) is 0 Å². The Morgan fingerprint density at radius 3 is 2.41 bits per heavy atom. The van der Waals surface area contributed by atoms with E-state index in [9.17, 15) is 14.4 Å². The van der Waals surface area contributed by atoms with Crippen molar-refractivity contribution in [1.29, 1.82) is 5.26 Å². The van der Waals surface area contributed by atoms with Gasteiger partial charge in [-0.1, -0.05) is 36.4 Å². The van der Waals surface area contributed by atoms with Crippen LogP contribution in [0, 0.1) is 17.1 Å². The molecule has 5 nitrogen and oxygen atoms in total. The average Bonchev–Trinajstić information content (AvgIpc) is 3.22. The number of nitriles is 1. The summed E-state index contributed by atoms with van der Waals surface area (Å²) < 4.78 is 17.3. The van der Waals surface area contributed by atoms with Crippen LogP contribution in [0.3, 0.4) is 0 Å². The molecule has 0 aliphatic heterocycles. The van der Waals surface area contributed by atoms with Crippen LogP contribution in [0.2, 0.25) is 0 Å². The number of benzene rings is 3. The van der Waals surface area contributed by atoms with E-state index in [2.05, 4.69) is 20.7 Å². The lowest BCUT2D eigenvalue weighted by atomic mass is 9.95. The highest BCUT2D eigenvalue weighted by atomic mass is 32.1. The molecule has 1 aromatic heterocycles. The molecule has 0 saturated heterocycles. The largest absolute Gasteiger partial charge is 0.297 e. The van der Waals surface area contributed by atoms with Crippen LogP contribution < -0.4 is 5.32 Å². The zero-order valence-corrected chi connectivity index (χ0v) is 15.8. The number of nitrogens with one attached hydrogen (secondary N) is 1. The van der Waals surface area contributed by atoms with Gasteiger partial charge in [-0.25, -0.2) is 4.39 Å². The maximum Gasteiger partial charge on any atom is 0.258 e. The van der Waals surface area contributed by atoms with E-state index in [1.54, 1.807) is 42.5 Å². The first-order valence-electron chi connectivity index (χ1n) is 8.65. The lowest BCUT2D eigenvalue weighted by molar-refractivity contribution is 0.102. The van der Waals surface area contributed by atoms with Gasteiger partial charge in [0.25, 0.3) is 5.91 Å². The number of halogens is 1. The highest BCUT2D eigenvalue weighted by Crippen LogP contribution is 2.28. The summed E-state index contributed by atoms with van der Waals surface area (Å²) in [5, 5.41) is 12.5. The van der Waals surface area contributed by atoms with Crippen LogP contribution in [0.5, 0.6) is 0 Å². The fraction of sp³-hybridized carbons (Fsp3) is 0. The molecule has 29 heavy (non-hydrogen) atoms. The molecule has 0 spiro atoms. The number of hydrogen-bond acceptors (Lipinski definition) is 5. The highest BCUT2D eigenvalue weighted by molar-refractivity contribution is 7.10. The van der Waals surface area contributed by atoms with Gasteiger partial charge in [0.05, 0.1) is 11.6 Å². The first-order chi connectivity index (χ1) is 14.2. The van der Waals surface area contributed by atoms with E-state index < -0.39 is 0 Å². The maximum absolute atomic E-state index is 13.1. The molecule has 0 aliphatic rings. The number of aromatic nitrogens is 2. The van der Waals surface area contributed by atoms with Crippen LogP contribution in [0.15, 0.2) is 72.8 Å². The molecule has 0 unspecified atom stereocenters. The van der Waals surface area contributed by atoms with Crippen molar-refractivity contribution in [2.75, 3.05) is 5.32 Å². The minimum absolute atomic E-state index is 0.331. The number of nitrogens with zero attached hydrogens (tertiary/aromatic N) is 3. The zero-order valence-electron chi connectivity index (χ0n) is 15.0. The fourth-order valence-corrected chi connectivity index (χ4v) is 3.47. The first-order valence-corrected chi connectivity index (χ1v) is 9.42. The van der Waals surface area contributed by atoms with Gasteiger partial charge in [-0.3, -0.25) is 10.1 Å². The molecule has 0 aliphatic carbocycles. The number of carbonyl (C=O) groups excluding carboxylic acids is 1. The Morgan fingerprint density at radius 1 is 0.966 bits per heavy atom. The van der Waals surface area contributed by atoms with Crippen LogP contribution in [0.4, 0.5) is 9.52 Å². The topological polar surface area (TPSA) is 78.7 Å². The van der Waals surface area contributed by atoms with Crippen molar-refractivity contribution in [3.63, 3.8) is 0 Å². The third-order valence-corrected chi connectivity index (χ3v) is 4.89. The van der Waals surface area contributed by atoms with Gasteiger partial charge in [-0.05, 0) is 42.0 Å². The van der Waals surface area contributed by atoms with Gasteiger partial charge in [-0.15, -0.1) is 0 Å². The van der Waals surface area contributed by atoms with Crippen molar-refractivity contribution in [3.05, 3.63) is 89.7 Å². The Bertz CT molecular complexity index is 1230.